The van der Waals surface area contributed by atoms with Gasteiger partial charge in [0.05, 0.1) is 34.5 Å². The minimum absolute atomic E-state index is 0.0172. The Labute approximate surface area is 196 Å². The third-order valence-corrected chi connectivity index (χ3v) is 5.86. The summed E-state index contributed by atoms with van der Waals surface area (Å²) in [7, 11) is 0. The number of hydrogen-bond acceptors (Lipinski definition) is 6. The Morgan fingerprint density at radius 3 is 2.52 bits per heavy atom. The summed E-state index contributed by atoms with van der Waals surface area (Å²) in [5.74, 6) is -1.37. The van der Waals surface area contributed by atoms with Gasteiger partial charge in [0.15, 0.2) is 0 Å². The quantitative estimate of drug-likeness (QED) is 0.381. The monoisotopic (exact) mass is 480 g/mol. The highest BCUT2D eigenvalue weighted by Crippen LogP contribution is 2.33. The summed E-state index contributed by atoms with van der Waals surface area (Å²) in [5.41, 5.74) is 3.43. The average molecular weight is 481 g/mol. The fourth-order valence-corrected chi connectivity index (χ4v) is 3.83. The zero-order valence-electron chi connectivity index (χ0n) is 16.7. The molecular weight excluding hydrogens is 467 g/mol. The van der Waals surface area contributed by atoms with Gasteiger partial charge in [-0.2, -0.15) is 15.2 Å². The van der Waals surface area contributed by atoms with Crippen molar-refractivity contribution in [3.8, 4) is 23.0 Å². The molecule has 0 spiro atoms. The van der Waals surface area contributed by atoms with Crippen LogP contribution in [-0.4, -0.2) is 45.7 Å². The van der Waals surface area contributed by atoms with E-state index < -0.39 is 5.97 Å². The van der Waals surface area contributed by atoms with E-state index in [0.29, 0.717) is 27.6 Å². The van der Waals surface area contributed by atoms with Crippen LogP contribution < -0.4 is 0 Å². The van der Waals surface area contributed by atoms with Crippen LogP contribution in [0.15, 0.2) is 61.1 Å². The van der Waals surface area contributed by atoms with Crippen LogP contribution in [0.1, 0.15) is 15.9 Å². The molecule has 0 aliphatic carbocycles. The van der Waals surface area contributed by atoms with Gasteiger partial charge in [-0.1, -0.05) is 59.6 Å². The standard InChI is InChI=1S/C22H14Cl2N6O3/c23-16-3-1-2-15(18(16)24)13-6-4-12(5-7-13)10-29-19-17(9-26-29)27-22(28-20(19)31)30-11-14(8-25-30)21(32)33/h1-9,11H,10H2,(H,32,33)(H,27,28,31). The number of aromatic nitrogens is 6. The lowest BCUT2D eigenvalue weighted by Gasteiger charge is -2.09. The first-order valence-electron chi connectivity index (χ1n) is 9.65. The molecule has 5 rings (SSSR count). The number of rotatable bonds is 5. The topological polar surface area (TPSA) is 119 Å². The van der Waals surface area contributed by atoms with E-state index in [1.807, 2.05) is 36.4 Å². The Balaban J connectivity index is 1.43. The number of benzene rings is 2. The molecule has 0 amide bonds. The van der Waals surface area contributed by atoms with Gasteiger partial charge in [-0.3, -0.25) is 4.68 Å². The maximum Gasteiger partial charge on any atom is 0.338 e. The predicted octanol–water partition coefficient (Wildman–Crippen LogP) is 4.44. The number of aromatic carboxylic acids is 1. The SMILES string of the molecule is O=C(O)c1cnn(-c2nc(O)c3c(cnn3Cc3ccc(-c4cccc(Cl)c4Cl)cc3)n2)c1. The second-order valence-corrected chi connectivity index (χ2v) is 7.95. The van der Waals surface area contributed by atoms with Gasteiger partial charge < -0.3 is 10.2 Å². The molecule has 3 heterocycles. The first-order valence-corrected chi connectivity index (χ1v) is 10.4. The summed E-state index contributed by atoms with van der Waals surface area (Å²) in [6.07, 6.45) is 3.94. The number of carboxylic acid groups (broad SMARTS) is 1. The molecule has 0 fully saturated rings. The van der Waals surface area contributed by atoms with Crippen molar-refractivity contribution in [1.82, 2.24) is 29.5 Å². The van der Waals surface area contributed by atoms with Crippen molar-refractivity contribution in [2.45, 2.75) is 6.54 Å². The van der Waals surface area contributed by atoms with Gasteiger partial charge in [-0.15, -0.1) is 0 Å². The van der Waals surface area contributed by atoms with Gasteiger partial charge in [-0.05, 0) is 17.2 Å². The lowest BCUT2D eigenvalue weighted by atomic mass is 10.0. The minimum Gasteiger partial charge on any atom is -0.492 e. The first-order chi connectivity index (χ1) is 15.9. The molecule has 11 heteroatoms. The van der Waals surface area contributed by atoms with Gasteiger partial charge in [0.25, 0.3) is 5.95 Å². The van der Waals surface area contributed by atoms with Crippen molar-refractivity contribution in [3.63, 3.8) is 0 Å². The van der Waals surface area contributed by atoms with Gasteiger partial charge in [0, 0.05) is 11.8 Å². The van der Waals surface area contributed by atoms with E-state index in [0.717, 1.165) is 16.7 Å². The molecule has 3 aromatic heterocycles. The molecule has 5 aromatic rings. The number of carboxylic acids is 1. The third-order valence-electron chi connectivity index (χ3n) is 5.04. The van der Waals surface area contributed by atoms with E-state index in [1.54, 1.807) is 10.7 Å². The smallest absolute Gasteiger partial charge is 0.338 e. The van der Waals surface area contributed by atoms with Gasteiger partial charge in [-0.25, -0.2) is 14.5 Å². The molecule has 2 aromatic carbocycles. The fourth-order valence-electron chi connectivity index (χ4n) is 3.42. The number of carbonyl (C=O) groups is 1. The highest BCUT2D eigenvalue weighted by Gasteiger charge is 2.16. The second kappa shape index (κ2) is 8.19. The molecule has 0 unspecified atom stereocenters. The zero-order chi connectivity index (χ0) is 23.1. The Kier molecular flexibility index (Phi) is 5.20. The first kappa shape index (κ1) is 20.9. The van der Waals surface area contributed by atoms with Gasteiger partial charge in [0.1, 0.15) is 11.0 Å². The minimum atomic E-state index is -1.12. The summed E-state index contributed by atoms with van der Waals surface area (Å²) in [6.45, 7) is 0.369. The summed E-state index contributed by atoms with van der Waals surface area (Å²) in [6, 6.07) is 13.2. The Morgan fingerprint density at radius 1 is 1.00 bits per heavy atom. The molecule has 0 atom stereocenters. The highest BCUT2D eigenvalue weighted by atomic mass is 35.5. The van der Waals surface area contributed by atoms with Crippen LogP contribution in [0.3, 0.4) is 0 Å². The van der Waals surface area contributed by atoms with Crippen LogP contribution in [0, 0.1) is 0 Å². The van der Waals surface area contributed by atoms with Crippen molar-refractivity contribution in [2.75, 3.05) is 0 Å². The van der Waals surface area contributed by atoms with Gasteiger partial charge >= 0.3 is 5.97 Å². The summed E-state index contributed by atoms with van der Waals surface area (Å²) in [4.78, 5) is 19.5. The van der Waals surface area contributed by atoms with Crippen LogP contribution in [-0.2, 0) is 6.54 Å². The normalized spacial score (nSPS) is 11.2. The van der Waals surface area contributed by atoms with Crippen LogP contribution in [0.2, 0.25) is 10.0 Å². The second-order valence-electron chi connectivity index (χ2n) is 7.16. The van der Waals surface area contributed by atoms with E-state index in [2.05, 4.69) is 20.2 Å². The summed E-state index contributed by atoms with van der Waals surface area (Å²) >= 11 is 12.4. The number of fused-ring (bicyclic) bond motifs is 1. The number of halogens is 2. The molecular formula is C22H14Cl2N6O3. The van der Waals surface area contributed by atoms with Crippen LogP contribution in [0.5, 0.6) is 5.88 Å². The van der Waals surface area contributed by atoms with E-state index in [9.17, 15) is 9.90 Å². The highest BCUT2D eigenvalue weighted by molar-refractivity contribution is 6.43. The molecule has 9 nitrogen and oxygen atoms in total. The predicted molar refractivity (Wildman–Crippen MR) is 122 cm³/mol. The molecule has 0 aliphatic rings. The Hall–Kier alpha value is -3.95. The Bertz CT molecular complexity index is 1510. The summed E-state index contributed by atoms with van der Waals surface area (Å²) in [5, 5.41) is 28.8. The number of nitrogens with zero attached hydrogens (tertiary/aromatic N) is 6. The lowest BCUT2D eigenvalue weighted by molar-refractivity contribution is 0.0697. The van der Waals surface area contributed by atoms with Crippen LogP contribution in [0.4, 0.5) is 0 Å². The number of hydrogen-bond donors (Lipinski definition) is 2. The van der Waals surface area contributed by atoms with Crippen molar-refractivity contribution in [2.24, 2.45) is 0 Å². The van der Waals surface area contributed by atoms with Crippen molar-refractivity contribution in [3.05, 3.63) is 82.2 Å². The maximum absolute atomic E-state index is 11.1. The molecule has 0 saturated heterocycles. The van der Waals surface area contributed by atoms with E-state index >= 15 is 0 Å². The van der Waals surface area contributed by atoms with Crippen molar-refractivity contribution in [1.29, 1.82) is 0 Å². The lowest BCUT2D eigenvalue weighted by Crippen LogP contribution is -2.05. The van der Waals surface area contributed by atoms with Crippen LogP contribution in [0.25, 0.3) is 28.1 Å². The van der Waals surface area contributed by atoms with E-state index in [-0.39, 0.29) is 17.4 Å². The fraction of sp³-hybridized carbons (Fsp3) is 0.0455. The van der Waals surface area contributed by atoms with E-state index in [4.69, 9.17) is 28.3 Å². The van der Waals surface area contributed by atoms with Crippen molar-refractivity contribution >= 4 is 40.2 Å². The average Bonchev–Trinajstić information content (AvgIpc) is 3.44. The molecule has 0 aliphatic heterocycles. The van der Waals surface area contributed by atoms with Gasteiger partial charge in [0.2, 0.25) is 5.88 Å². The molecule has 0 bridgehead atoms. The largest absolute Gasteiger partial charge is 0.492 e. The zero-order valence-corrected chi connectivity index (χ0v) is 18.2. The molecule has 0 radical (unpaired) electrons. The molecule has 2 N–H and O–H groups in total. The van der Waals surface area contributed by atoms with E-state index in [1.165, 1.54) is 23.3 Å². The van der Waals surface area contributed by atoms with Crippen LogP contribution >= 0.6 is 23.2 Å². The molecule has 0 saturated carbocycles. The summed E-state index contributed by atoms with van der Waals surface area (Å²) < 4.78 is 2.77. The maximum atomic E-state index is 11.1. The Morgan fingerprint density at radius 2 is 1.79 bits per heavy atom. The number of aromatic hydroxyl groups is 1. The molecule has 33 heavy (non-hydrogen) atoms. The van der Waals surface area contributed by atoms with Crippen molar-refractivity contribution < 1.29 is 15.0 Å². The molecule has 164 valence electrons. The third kappa shape index (κ3) is 3.88.